The second-order valence-corrected chi connectivity index (χ2v) is 6.00. The van der Waals surface area contributed by atoms with E-state index in [0.717, 1.165) is 46.0 Å². The number of hydrogen-bond acceptors (Lipinski definition) is 4. The molecular formula is C15H18BrClN4. The molecule has 2 N–H and O–H groups in total. The molecule has 6 heteroatoms. The van der Waals surface area contributed by atoms with E-state index in [-0.39, 0.29) is 0 Å². The van der Waals surface area contributed by atoms with Crippen molar-refractivity contribution < 1.29 is 0 Å². The maximum atomic E-state index is 6.06. The number of nitrogens with zero attached hydrogens (tertiary/aromatic N) is 2. The predicted octanol–water partition coefficient (Wildman–Crippen LogP) is 4.94. The van der Waals surface area contributed by atoms with E-state index in [4.69, 9.17) is 11.6 Å². The van der Waals surface area contributed by atoms with E-state index in [1.165, 1.54) is 0 Å². The van der Waals surface area contributed by atoms with Crippen molar-refractivity contribution in [3.63, 3.8) is 0 Å². The van der Waals surface area contributed by atoms with E-state index in [2.05, 4.69) is 43.5 Å². The molecule has 1 aromatic carbocycles. The van der Waals surface area contributed by atoms with Crippen LogP contribution >= 0.6 is 27.5 Å². The average Bonchev–Trinajstić information content (AvgIpc) is 2.46. The lowest BCUT2D eigenvalue weighted by atomic mass is 10.2. The summed E-state index contributed by atoms with van der Waals surface area (Å²) >= 11 is 9.57. The Bertz CT molecular complexity index is 646. The van der Waals surface area contributed by atoms with E-state index in [1.54, 1.807) is 0 Å². The van der Waals surface area contributed by atoms with Crippen molar-refractivity contribution in [1.82, 2.24) is 9.97 Å². The number of nitrogens with one attached hydrogen (secondary N) is 2. The van der Waals surface area contributed by atoms with E-state index in [1.807, 2.05) is 32.2 Å². The van der Waals surface area contributed by atoms with Gasteiger partial charge in [0.2, 0.25) is 0 Å². The van der Waals surface area contributed by atoms with Gasteiger partial charge in [-0.2, -0.15) is 0 Å². The second-order valence-electron chi connectivity index (χ2n) is 4.71. The third kappa shape index (κ3) is 3.86. The van der Waals surface area contributed by atoms with Crippen LogP contribution in [-0.2, 0) is 6.42 Å². The highest BCUT2D eigenvalue weighted by Crippen LogP contribution is 2.30. The first-order valence-corrected chi connectivity index (χ1v) is 7.99. The van der Waals surface area contributed by atoms with Crippen LogP contribution in [0, 0.1) is 6.92 Å². The molecule has 0 saturated carbocycles. The maximum Gasteiger partial charge on any atom is 0.139 e. The lowest BCUT2D eigenvalue weighted by Gasteiger charge is -2.14. The molecule has 1 aromatic heterocycles. The van der Waals surface area contributed by atoms with Gasteiger partial charge >= 0.3 is 0 Å². The number of hydrogen-bond donors (Lipinski definition) is 2. The van der Waals surface area contributed by atoms with Crippen LogP contribution in [0.3, 0.4) is 0 Å². The highest BCUT2D eigenvalue weighted by molar-refractivity contribution is 9.10. The van der Waals surface area contributed by atoms with Crippen LogP contribution in [-0.4, -0.2) is 17.0 Å². The minimum Gasteiger partial charge on any atom is -0.373 e. The lowest BCUT2D eigenvalue weighted by molar-refractivity contribution is 0.835. The number of aromatic nitrogens is 2. The monoisotopic (exact) mass is 368 g/mol. The zero-order chi connectivity index (χ0) is 15.4. The Labute approximate surface area is 138 Å². The molecule has 0 spiro atoms. The van der Waals surface area contributed by atoms with E-state index >= 15 is 0 Å². The molecule has 0 aliphatic carbocycles. The summed E-state index contributed by atoms with van der Waals surface area (Å²) < 4.78 is 0.938. The van der Waals surface area contributed by atoms with Crippen LogP contribution in [0.2, 0.25) is 5.02 Å². The number of aryl methyl sites for hydroxylation is 1. The summed E-state index contributed by atoms with van der Waals surface area (Å²) in [5.74, 6) is 2.46. The van der Waals surface area contributed by atoms with Crippen molar-refractivity contribution in [3.8, 4) is 0 Å². The highest BCUT2D eigenvalue weighted by Gasteiger charge is 2.11. The fourth-order valence-corrected chi connectivity index (χ4v) is 2.50. The maximum absolute atomic E-state index is 6.06. The fourth-order valence-electron chi connectivity index (χ4n) is 1.98. The minimum absolute atomic E-state index is 0.676. The smallest absolute Gasteiger partial charge is 0.139 e. The second kappa shape index (κ2) is 7.09. The topological polar surface area (TPSA) is 49.8 Å². The van der Waals surface area contributed by atoms with Crippen molar-refractivity contribution in [2.75, 3.05) is 17.7 Å². The Morgan fingerprint density at radius 3 is 2.62 bits per heavy atom. The van der Waals surface area contributed by atoms with Gasteiger partial charge in [-0.15, -0.1) is 0 Å². The van der Waals surface area contributed by atoms with Crippen molar-refractivity contribution in [1.29, 1.82) is 0 Å². The van der Waals surface area contributed by atoms with Crippen LogP contribution in [0.5, 0.6) is 0 Å². The summed E-state index contributed by atoms with van der Waals surface area (Å²) in [6.45, 7) is 4.10. The number of anilines is 3. The molecule has 0 unspecified atom stereocenters. The van der Waals surface area contributed by atoms with Gasteiger partial charge in [0.15, 0.2) is 0 Å². The molecule has 0 amide bonds. The average molecular weight is 370 g/mol. The van der Waals surface area contributed by atoms with Crippen LogP contribution < -0.4 is 10.6 Å². The molecular weight excluding hydrogens is 352 g/mol. The molecule has 0 bridgehead atoms. The van der Waals surface area contributed by atoms with Gasteiger partial charge in [-0.1, -0.05) is 18.5 Å². The van der Waals surface area contributed by atoms with Gasteiger partial charge in [-0.3, -0.25) is 0 Å². The molecule has 1 heterocycles. The Morgan fingerprint density at radius 2 is 1.95 bits per heavy atom. The minimum atomic E-state index is 0.676. The summed E-state index contributed by atoms with van der Waals surface area (Å²) in [6.07, 6.45) is 1.85. The van der Waals surface area contributed by atoms with Crippen molar-refractivity contribution in [2.24, 2.45) is 0 Å². The van der Waals surface area contributed by atoms with Gasteiger partial charge in [0.05, 0.1) is 5.69 Å². The van der Waals surface area contributed by atoms with Crippen LogP contribution in [0.1, 0.15) is 24.7 Å². The van der Waals surface area contributed by atoms with E-state index in [9.17, 15) is 0 Å². The van der Waals surface area contributed by atoms with Crippen molar-refractivity contribution in [3.05, 3.63) is 39.1 Å². The fraction of sp³-hybridized carbons (Fsp3) is 0.333. The van der Waals surface area contributed by atoms with Gasteiger partial charge in [-0.25, -0.2) is 9.97 Å². The summed E-state index contributed by atoms with van der Waals surface area (Å²) in [7, 11) is 1.87. The molecule has 4 nitrogen and oxygen atoms in total. The SMILES string of the molecule is CCCc1nc(NC)c(C)c(Nc2cc(Cl)ccc2Br)n1. The standard InChI is InChI=1S/C15H18BrClN4/c1-4-5-13-20-14(18-3)9(2)15(21-13)19-12-8-10(17)6-7-11(12)16/h6-8H,4-5H2,1-3H3,(H2,18,19,20,21). The van der Waals surface area contributed by atoms with E-state index in [0.29, 0.717) is 5.02 Å². The van der Waals surface area contributed by atoms with Gasteiger partial charge < -0.3 is 10.6 Å². The summed E-state index contributed by atoms with van der Waals surface area (Å²) in [5.41, 5.74) is 1.86. The van der Waals surface area contributed by atoms with Gasteiger partial charge in [-0.05, 0) is 47.5 Å². The van der Waals surface area contributed by atoms with Crippen LogP contribution in [0.4, 0.5) is 17.3 Å². The quantitative estimate of drug-likeness (QED) is 0.784. The molecule has 0 aliphatic rings. The van der Waals surface area contributed by atoms with Crippen molar-refractivity contribution >= 4 is 44.9 Å². The molecule has 0 saturated heterocycles. The first kappa shape index (κ1) is 16.0. The number of benzene rings is 1. The molecule has 0 atom stereocenters. The van der Waals surface area contributed by atoms with E-state index < -0.39 is 0 Å². The Balaban J connectivity index is 2.42. The lowest BCUT2D eigenvalue weighted by Crippen LogP contribution is -2.07. The molecule has 0 radical (unpaired) electrons. The molecule has 2 aromatic rings. The molecule has 21 heavy (non-hydrogen) atoms. The van der Waals surface area contributed by atoms with Crippen LogP contribution in [0.25, 0.3) is 0 Å². The zero-order valence-corrected chi connectivity index (χ0v) is 14.6. The third-order valence-corrected chi connectivity index (χ3v) is 4.01. The molecule has 2 rings (SSSR count). The van der Waals surface area contributed by atoms with Gasteiger partial charge in [0, 0.05) is 28.5 Å². The normalized spacial score (nSPS) is 10.5. The molecule has 0 fully saturated rings. The van der Waals surface area contributed by atoms with Gasteiger partial charge in [0.25, 0.3) is 0 Å². The predicted molar refractivity (Wildman–Crippen MR) is 92.7 cm³/mol. The van der Waals surface area contributed by atoms with Crippen molar-refractivity contribution in [2.45, 2.75) is 26.7 Å². The molecule has 0 aliphatic heterocycles. The van der Waals surface area contributed by atoms with Crippen LogP contribution in [0.15, 0.2) is 22.7 Å². The Hall–Kier alpha value is -1.33. The largest absolute Gasteiger partial charge is 0.373 e. The first-order valence-electron chi connectivity index (χ1n) is 6.82. The highest BCUT2D eigenvalue weighted by atomic mass is 79.9. The zero-order valence-electron chi connectivity index (χ0n) is 12.3. The number of rotatable bonds is 5. The summed E-state index contributed by atoms with van der Waals surface area (Å²) in [6, 6.07) is 5.62. The van der Waals surface area contributed by atoms with Gasteiger partial charge in [0.1, 0.15) is 17.5 Å². The summed E-state index contributed by atoms with van der Waals surface area (Å²) in [4.78, 5) is 9.13. The first-order chi connectivity index (χ1) is 10.0. The third-order valence-electron chi connectivity index (χ3n) is 3.08. The number of halogens is 2. The molecule has 112 valence electrons. The Kier molecular flexibility index (Phi) is 5.42. The summed E-state index contributed by atoms with van der Waals surface area (Å²) in [5, 5.41) is 7.13. The Morgan fingerprint density at radius 1 is 1.24 bits per heavy atom.